The smallest absolute Gasteiger partial charge is 0.268 e. The van der Waals surface area contributed by atoms with E-state index < -0.39 is 22.5 Å². The number of anilines is 1. The Balaban J connectivity index is 2.60. The summed E-state index contributed by atoms with van der Waals surface area (Å²) < 4.78 is 0.798. The maximum absolute atomic E-state index is 11.7. The molecule has 90 valence electrons. The monoisotopic (exact) mass is 348 g/mol. The average molecular weight is 348 g/mol. The minimum absolute atomic E-state index is 0.263. The van der Waals surface area contributed by atoms with Gasteiger partial charge in [0.25, 0.3) is 11.9 Å². The summed E-state index contributed by atoms with van der Waals surface area (Å²) in [5, 5.41) is 23.6. The van der Waals surface area contributed by atoms with Gasteiger partial charge < -0.3 is 10.4 Å². The fourth-order valence-corrected chi connectivity index (χ4v) is 2.34. The number of carbonyl (C=O) groups is 1. The van der Waals surface area contributed by atoms with Crippen LogP contribution in [0, 0.1) is 13.7 Å². The van der Waals surface area contributed by atoms with Crippen molar-refractivity contribution in [1.82, 2.24) is 0 Å². The number of amides is 1. The van der Waals surface area contributed by atoms with Gasteiger partial charge in [-0.05, 0) is 40.8 Å². The van der Waals surface area contributed by atoms with Crippen molar-refractivity contribution in [2.75, 3.05) is 5.32 Å². The van der Waals surface area contributed by atoms with Crippen LogP contribution in [-0.2, 0) is 10.4 Å². The van der Waals surface area contributed by atoms with E-state index in [1.807, 2.05) is 22.6 Å². The van der Waals surface area contributed by atoms with Crippen LogP contribution < -0.4 is 5.32 Å². The van der Waals surface area contributed by atoms with Gasteiger partial charge in [-0.15, -0.1) is 0 Å². The molecular weight excluding hydrogens is 339 g/mol. The number of nitrogens with zero attached hydrogens (tertiary/aromatic N) is 1. The minimum atomic E-state index is -2.10. The van der Waals surface area contributed by atoms with Crippen LogP contribution in [0.15, 0.2) is 18.2 Å². The van der Waals surface area contributed by atoms with Gasteiger partial charge in [-0.25, -0.2) is 0 Å². The zero-order valence-electron chi connectivity index (χ0n) is 8.81. The Morgan fingerprint density at radius 2 is 2.24 bits per heavy atom. The highest BCUT2D eigenvalue weighted by molar-refractivity contribution is 14.1. The highest BCUT2D eigenvalue weighted by Crippen LogP contribution is 2.39. The number of aliphatic hydroxyl groups is 1. The summed E-state index contributed by atoms with van der Waals surface area (Å²) >= 11 is 2.02. The molecule has 0 saturated carbocycles. The molecule has 0 aromatic heterocycles. The molecule has 1 aliphatic rings. The third-order valence-electron chi connectivity index (χ3n) is 2.91. The number of fused-ring (bicyclic) bond motifs is 1. The molecule has 1 aromatic rings. The number of hydrogen-bond donors (Lipinski definition) is 2. The Kier molecular flexibility index (Phi) is 2.82. The third kappa shape index (κ3) is 1.69. The zero-order chi connectivity index (χ0) is 12.8. The molecule has 1 aromatic carbocycles. The molecule has 1 aliphatic heterocycles. The summed E-state index contributed by atoms with van der Waals surface area (Å²) in [6.45, 7) is 1.22. The van der Waals surface area contributed by atoms with Crippen LogP contribution >= 0.6 is 22.6 Å². The number of carbonyl (C=O) groups excluding carboxylic acids is 1. The third-order valence-corrected chi connectivity index (χ3v) is 3.58. The Hall–Kier alpha value is -1.22. The van der Waals surface area contributed by atoms with Crippen LogP contribution in [0.1, 0.15) is 12.5 Å². The van der Waals surface area contributed by atoms with Gasteiger partial charge in [0, 0.05) is 26.7 Å². The molecule has 0 aliphatic carbocycles. The maximum Gasteiger partial charge on any atom is 0.268 e. The highest BCUT2D eigenvalue weighted by Gasteiger charge is 2.55. The number of nitrogens with one attached hydrogen (secondary N) is 1. The molecule has 1 amide bonds. The molecule has 1 heterocycles. The second-order valence-corrected chi connectivity index (χ2v) is 5.12. The first-order valence-corrected chi connectivity index (χ1v) is 5.92. The predicted molar refractivity (Wildman–Crippen MR) is 68.1 cm³/mol. The van der Waals surface area contributed by atoms with E-state index in [0.29, 0.717) is 5.69 Å². The molecule has 0 radical (unpaired) electrons. The number of rotatable bonds is 2. The van der Waals surface area contributed by atoms with Gasteiger partial charge in [-0.1, -0.05) is 0 Å². The summed E-state index contributed by atoms with van der Waals surface area (Å²) in [5.41, 5.74) is -1.41. The van der Waals surface area contributed by atoms with Gasteiger partial charge >= 0.3 is 0 Å². The molecule has 0 spiro atoms. The van der Waals surface area contributed by atoms with Gasteiger partial charge in [-0.2, -0.15) is 0 Å². The zero-order valence-corrected chi connectivity index (χ0v) is 11.0. The Labute approximate surface area is 110 Å². The predicted octanol–water partition coefficient (Wildman–Crippen LogP) is 1.10. The van der Waals surface area contributed by atoms with Crippen molar-refractivity contribution >= 4 is 34.2 Å². The first-order chi connectivity index (χ1) is 7.87. The lowest BCUT2D eigenvalue weighted by atomic mass is 9.89. The van der Waals surface area contributed by atoms with Crippen molar-refractivity contribution in [3.8, 4) is 0 Å². The largest absolute Gasteiger partial charge is 0.370 e. The Bertz CT molecular complexity index is 519. The summed E-state index contributed by atoms with van der Waals surface area (Å²) in [4.78, 5) is 21.9. The molecule has 7 heteroatoms. The van der Waals surface area contributed by atoms with Crippen molar-refractivity contribution in [1.29, 1.82) is 0 Å². The molecule has 0 fully saturated rings. The minimum Gasteiger partial charge on any atom is -0.370 e. The van der Waals surface area contributed by atoms with Crippen molar-refractivity contribution in [3.05, 3.63) is 37.4 Å². The second-order valence-electron chi connectivity index (χ2n) is 3.87. The topological polar surface area (TPSA) is 92.5 Å². The number of halogens is 1. The van der Waals surface area contributed by atoms with Gasteiger partial charge in [0.1, 0.15) is 0 Å². The molecule has 2 atom stereocenters. The molecule has 0 bridgehead atoms. The van der Waals surface area contributed by atoms with Crippen molar-refractivity contribution in [2.24, 2.45) is 0 Å². The van der Waals surface area contributed by atoms with Crippen LogP contribution in [0.5, 0.6) is 0 Å². The van der Waals surface area contributed by atoms with E-state index in [1.165, 1.54) is 6.92 Å². The van der Waals surface area contributed by atoms with E-state index in [4.69, 9.17) is 0 Å². The Morgan fingerprint density at radius 1 is 1.59 bits per heavy atom. The lowest BCUT2D eigenvalue weighted by Gasteiger charge is -2.21. The number of benzene rings is 1. The van der Waals surface area contributed by atoms with E-state index in [0.717, 1.165) is 3.57 Å². The SMILES string of the molecule is CC([N+](=O)[O-])C1(O)C(=O)Nc2ccc(I)cc21. The van der Waals surface area contributed by atoms with E-state index in [9.17, 15) is 20.0 Å². The number of nitro groups is 1. The quantitative estimate of drug-likeness (QED) is 0.476. The van der Waals surface area contributed by atoms with Crippen molar-refractivity contribution in [3.63, 3.8) is 0 Å². The van der Waals surface area contributed by atoms with Gasteiger partial charge in [0.15, 0.2) is 0 Å². The van der Waals surface area contributed by atoms with Crippen molar-refractivity contribution < 1.29 is 14.8 Å². The van der Waals surface area contributed by atoms with Gasteiger partial charge in [-0.3, -0.25) is 14.9 Å². The molecule has 0 saturated heterocycles. The second kappa shape index (κ2) is 3.91. The van der Waals surface area contributed by atoms with E-state index >= 15 is 0 Å². The molecule has 6 nitrogen and oxygen atoms in total. The lowest BCUT2D eigenvalue weighted by molar-refractivity contribution is -0.538. The average Bonchev–Trinajstić information content (AvgIpc) is 2.52. The molecule has 2 rings (SSSR count). The standard InChI is InChI=1S/C10H9IN2O4/c1-5(13(16)17)10(15)7-4-6(11)2-3-8(7)12-9(10)14/h2-5,15H,1H3,(H,12,14). The maximum atomic E-state index is 11.7. The normalized spacial score (nSPS) is 24.1. The van der Waals surface area contributed by atoms with Crippen LogP contribution in [0.4, 0.5) is 5.69 Å². The lowest BCUT2D eigenvalue weighted by Crippen LogP contribution is -2.47. The van der Waals surface area contributed by atoms with E-state index in [-0.39, 0.29) is 5.56 Å². The summed E-state index contributed by atoms with van der Waals surface area (Å²) in [5.74, 6) is -0.751. The summed E-state index contributed by atoms with van der Waals surface area (Å²) in [6.07, 6.45) is 0. The summed E-state index contributed by atoms with van der Waals surface area (Å²) in [7, 11) is 0. The Morgan fingerprint density at radius 3 is 2.82 bits per heavy atom. The first kappa shape index (κ1) is 12.2. The molecule has 2 unspecified atom stereocenters. The summed E-state index contributed by atoms with van der Waals surface area (Å²) in [6, 6.07) is 3.55. The van der Waals surface area contributed by atoms with Gasteiger partial charge in [0.2, 0.25) is 5.60 Å². The fraction of sp³-hybridized carbons (Fsp3) is 0.300. The fourth-order valence-electron chi connectivity index (χ4n) is 1.85. The van der Waals surface area contributed by atoms with Crippen molar-refractivity contribution in [2.45, 2.75) is 18.6 Å². The molecular formula is C10H9IN2O4. The van der Waals surface area contributed by atoms with E-state index in [2.05, 4.69) is 5.32 Å². The first-order valence-electron chi connectivity index (χ1n) is 4.84. The molecule has 17 heavy (non-hydrogen) atoms. The number of hydrogen-bond acceptors (Lipinski definition) is 4. The molecule has 2 N–H and O–H groups in total. The van der Waals surface area contributed by atoms with Gasteiger partial charge in [0.05, 0.1) is 0 Å². The highest BCUT2D eigenvalue weighted by atomic mass is 127. The van der Waals surface area contributed by atoms with Crippen LogP contribution in [0.3, 0.4) is 0 Å². The van der Waals surface area contributed by atoms with E-state index in [1.54, 1.807) is 18.2 Å². The van der Waals surface area contributed by atoms with Crippen LogP contribution in [0.25, 0.3) is 0 Å². The van der Waals surface area contributed by atoms with Crippen LogP contribution in [-0.4, -0.2) is 22.0 Å². The van der Waals surface area contributed by atoms with Crippen LogP contribution in [0.2, 0.25) is 0 Å².